The van der Waals surface area contributed by atoms with Crippen molar-refractivity contribution < 1.29 is 14.3 Å². The van der Waals surface area contributed by atoms with Gasteiger partial charge in [0.1, 0.15) is 5.69 Å². The molecule has 1 amide bonds. The molecule has 6 nitrogen and oxygen atoms in total. The number of hydrogen-bond donors (Lipinski definition) is 1. The first-order valence-corrected chi connectivity index (χ1v) is 9.02. The average Bonchev–Trinajstić information content (AvgIpc) is 3.04. The SMILES string of the molecule is COCCOC1CCC(NC(=O)c2nc(Cl)nc3c2CCC3)CC1. The van der Waals surface area contributed by atoms with Crippen LogP contribution in [0.1, 0.15) is 53.8 Å². The maximum absolute atomic E-state index is 12.6. The predicted octanol–water partition coefficient (Wildman–Crippen LogP) is 2.32. The zero-order chi connectivity index (χ0) is 16.9. The zero-order valence-corrected chi connectivity index (χ0v) is 14.8. The quantitative estimate of drug-likeness (QED) is 0.627. The highest BCUT2D eigenvalue weighted by Crippen LogP contribution is 2.25. The average molecular weight is 354 g/mol. The van der Waals surface area contributed by atoms with Gasteiger partial charge in [-0.05, 0) is 56.5 Å². The monoisotopic (exact) mass is 353 g/mol. The van der Waals surface area contributed by atoms with Crippen molar-refractivity contribution in [3.63, 3.8) is 0 Å². The molecule has 0 aliphatic heterocycles. The van der Waals surface area contributed by atoms with Gasteiger partial charge in [0.25, 0.3) is 5.91 Å². The highest BCUT2D eigenvalue weighted by atomic mass is 35.5. The number of carbonyl (C=O) groups excluding carboxylic acids is 1. The Morgan fingerprint density at radius 1 is 1.21 bits per heavy atom. The molecular weight excluding hydrogens is 330 g/mol. The minimum absolute atomic E-state index is 0.124. The molecule has 3 rings (SSSR count). The van der Waals surface area contributed by atoms with Crippen LogP contribution in [0.2, 0.25) is 5.28 Å². The molecule has 1 fully saturated rings. The molecule has 24 heavy (non-hydrogen) atoms. The second kappa shape index (κ2) is 8.23. The standard InChI is InChI=1S/C17H24ClN3O3/c1-23-9-10-24-12-7-5-11(6-8-12)19-16(22)15-13-3-2-4-14(13)20-17(18)21-15/h11-12H,2-10H2,1H3,(H,19,22). The first kappa shape index (κ1) is 17.6. The fraction of sp³-hybridized carbons (Fsp3) is 0.706. The smallest absolute Gasteiger partial charge is 0.270 e. The highest BCUT2D eigenvalue weighted by Gasteiger charge is 2.27. The first-order valence-electron chi connectivity index (χ1n) is 8.64. The summed E-state index contributed by atoms with van der Waals surface area (Å²) in [5.41, 5.74) is 2.35. The molecule has 1 saturated carbocycles. The van der Waals surface area contributed by atoms with E-state index in [0.717, 1.165) is 56.2 Å². The van der Waals surface area contributed by atoms with Gasteiger partial charge >= 0.3 is 0 Å². The van der Waals surface area contributed by atoms with Crippen LogP contribution in [-0.4, -0.2) is 48.3 Å². The topological polar surface area (TPSA) is 73.3 Å². The Kier molecular flexibility index (Phi) is 6.03. The fourth-order valence-electron chi connectivity index (χ4n) is 3.52. The van der Waals surface area contributed by atoms with Crippen LogP contribution in [0.4, 0.5) is 0 Å². The fourth-order valence-corrected chi connectivity index (χ4v) is 3.70. The molecule has 1 heterocycles. The maximum atomic E-state index is 12.6. The van der Waals surface area contributed by atoms with Gasteiger partial charge < -0.3 is 14.8 Å². The summed E-state index contributed by atoms with van der Waals surface area (Å²) in [6.45, 7) is 1.25. The number of carbonyl (C=O) groups is 1. The van der Waals surface area contributed by atoms with Gasteiger partial charge in [-0.3, -0.25) is 4.79 Å². The zero-order valence-electron chi connectivity index (χ0n) is 14.0. The summed E-state index contributed by atoms with van der Waals surface area (Å²) in [4.78, 5) is 21.0. The number of hydrogen-bond acceptors (Lipinski definition) is 5. The third kappa shape index (κ3) is 4.23. The molecule has 0 aromatic carbocycles. The van der Waals surface area contributed by atoms with Gasteiger partial charge in [-0.15, -0.1) is 0 Å². The molecule has 132 valence electrons. The Labute approximate surface area is 147 Å². The lowest BCUT2D eigenvalue weighted by molar-refractivity contribution is -0.00409. The number of ether oxygens (including phenoxy) is 2. The van der Waals surface area contributed by atoms with Gasteiger partial charge in [-0.1, -0.05) is 0 Å². The van der Waals surface area contributed by atoms with E-state index in [4.69, 9.17) is 21.1 Å². The number of aryl methyl sites for hydroxylation is 1. The van der Waals surface area contributed by atoms with Crippen molar-refractivity contribution >= 4 is 17.5 Å². The summed E-state index contributed by atoms with van der Waals surface area (Å²) < 4.78 is 10.8. The number of fused-ring (bicyclic) bond motifs is 1. The van der Waals surface area contributed by atoms with E-state index in [0.29, 0.717) is 18.9 Å². The number of nitrogens with one attached hydrogen (secondary N) is 1. The molecule has 0 unspecified atom stereocenters. The molecule has 7 heteroatoms. The summed E-state index contributed by atoms with van der Waals surface area (Å²) in [7, 11) is 1.67. The molecule has 2 aliphatic rings. The van der Waals surface area contributed by atoms with E-state index >= 15 is 0 Å². The lowest BCUT2D eigenvalue weighted by atomic mass is 9.92. The van der Waals surface area contributed by atoms with Crippen molar-refractivity contribution in [2.24, 2.45) is 0 Å². The van der Waals surface area contributed by atoms with Crippen LogP contribution in [0.3, 0.4) is 0 Å². The largest absolute Gasteiger partial charge is 0.382 e. The van der Waals surface area contributed by atoms with Crippen molar-refractivity contribution in [2.45, 2.75) is 57.1 Å². The Morgan fingerprint density at radius 3 is 2.75 bits per heavy atom. The van der Waals surface area contributed by atoms with Crippen LogP contribution in [0, 0.1) is 0 Å². The molecule has 0 bridgehead atoms. The molecule has 1 aromatic rings. The molecule has 2 aliphatic carbocycles. The van der Waals surface area contributed by atoms with E-state index in [2.05, 4.69) is 15.3 Å². The van der Waals surface area contributed by atoms with Crippen LogP contribution >= 0.6 is 11.6 Å². The van der Waals surface area contributed by atoms with E-state index in [-0.39, 0.29) is 23.3 Å². The molecule has 1 N–H and O–H groups in total. The van der Waals surface area contributed by atoms with Gasteiger partial charge in [0.2, 0.25) is 5.28 Å². The number of nitrogens with zero attached hydrogens (tertiary/aromatic N) is 2. The maximum Gasteiger partial charge on any atom is 0.270 e. The van der Waals surface area contributed by atoms with Gasteiger partial charge in [0.15, 0.2) is 0 Å². The van der Waals surface area contributed by atoms with Crippen molar-refractivity contribution in [3.8, 4) is 0 Å². The molecule has 0 spiro atoms. The van der Waals surface area contributed by atoms with Crippen LogP contribution < -0.4 is 5.32 Å². The van der Waals surface area contributed by atoms with Crippen molar-refractivity contribution in [1.29, 1.82) is 0 Å². The van der Waals surface area contributed by atoms with Crippen LogP contribution in [0.25, 0.3) is 0 Å². The Bertz CT molecular complexity index is 589. The van der Waals surface area contributed by atoms with E-state index in [1.807, 2.05) is 0 Å². The summed E-state index contributed by atoms with van der Waals surface area (Å²) in [5, 5.41) is 3.27. The van der Waals surface area contributed by atoms with Crippen LogP contribution in [0.15, 0.2) is 0 Å². The Morgan fingerprint density at radius 2 is 2.00 bits per heavy atom. The second-order valence-corrected chi connectivity index (χ2v) is 6.77. The number of amides is 1. The van der Waals surface area contributed by atoms with Crippen LogP contribution in [0.5, 0.6) is 0 Å². The van der Waals surface area contributed by atoms with Crippen molar-refractivity contribution in [2.75, 3.05) is 20.3 Å². The van der Waals surface area contributed by atoms with Gasteiger partial charge in [0.05, 0.1) is 19.3 Å². The van der Waals surface area contributed by atoms with E-state index < -0.39 is 0 Å². The minimum atomic E-state index is -0.124. The number of aromatic nitrogens is 2. The molecule has 0 radical (unpaired) electrons. The third-order valence-electron chi connectivity index (χ3n) is 4.77. The van der Waals surface area contributed by atoms with Crippen molar-refractivity contribution in [1.82, 2.24) is 15.3 Å². The van der Waals surface area contributed by atoms with Gasteiger partial charge in [-0.25, -0.2) is 9.97 Å². The number of methoxy groups -OCH3 is 1. The summed E-state index contributed by atoms with van der Waals surface area (Å²) in [5.74, 6) is -0.124. The van der Waals surface area contributed by atoms with Gasteiger partial charge in [-0.2, -0.15) is 0 Å². The lowest BCUT2D eigenvalue weighted by Crippen LogP contribution is -2.40. The Balaban J connectivity index is 1.54. The van der Waals surface area contributed by atoms with E-state index in [1.54, 1.807) is 7.11 Å². The predicted molar refractivity (Wildman–Crippen MR) is 90.4 cm³/mol. The normalized spacial score (nSPS) is 23.1. The Hall–Kier alpha value is -1.24. The summed E-state index contributed by atoms with van der Waals surface area (Å²) >= 11 is 5.97. The molecule has 0 saturated heterocycles. The van der Waals surface area contributed by atoms with Crippen LogP contribution in [-0.2, 0) is 22.3 Å². The first-order chi connectivity index (χ1) is 11.7. The van der Waals surface area contributed by atoms with E-state index in [9.17, 15) is 4.79 Å². The molecule has 0 atom stereocenters. The summed E-state index contributed by atoms with van der Waals surface area (Å²) in [6.07, 6.45) is 6.76. The van der Waals surface area contributed by atoms with Crippen molar-refractivity contribution in [3.05, 3.63) is 22.2 Å². The van der Waals surface area contributed by atoms with E-state index in [1.165, 1.54) is 0 Å². The lowest BCUT2D eigenvalue weighted by Gasteiger charge is -2.29. The minimum Gasteiger partial charge on any atom is -0.382 e. The number of rotatable bonds is 6. The molecular formula is C17H24ClN3O3. The molecule has 1 aromatic heterocycles. The number of halogens is 1. The summed E-state index contributed by atoms with van der Waals surface area (Å²) in [6, 6.07) is 0.172. The highest BCUT2D eigenvalue weighted by molar-refractivity contribution is 6.28. The third-order valence-corrected chi connectivity index (χ3v) is 4.94. The second-order valence-electron chi connectivity index (χ2n) is 6.43. The van der Waals surface area contributed by atoms with Gasteiger partial charge in [0, 0.05) is 24.4 Å².